The number of rotatable bonds is 7. The Morgan fingerprint density at radius 1 is 1.17 bits per heavy atom. The predicted octanol–water partition coefficient (Wildman–Crippen LogP) is 3.91. The number of hydrogen-bond donors (Lipinski definition) is 3. The van der Waals surface area contributed by atoms with Gasteiger partial charge in [-0.1, -0.05) is 30.3 Å². The van der Waals surface area contributed by atoms with Gasteiger partial charge in [-0.2, -0.15) is 0 Å². The Morgan fingerprint density at radius 3 is 2.61 bits per heavy atom. The van der Waals surface area contributed by atoms with Crippen LogP contribution in [0.25, 0.3) is 6.08 Å². The van der Waals surface area contributed by atoms with Crippen LogP contribution in [0.3, 0.4) is 0 Å². The number of carbonyl (C=O) groups is 2. The molecular formula is C29H34N2O5. The summed E-state index contributed by atoms with van der Waals surface area (Å²) in [4.78, 5) is 27.4. The number of aromatic hydroxyl groups is 2. The number of ether oxygens (including phenoxy) is 1. The zero-order chi connectivity index (χ0) is 25.8. The quantitative estimate of drug-likeness (QED) is 0.309. The predicted molar refractivity (Wildman–Crippen MR) is 138 cm³/mol. The van der Waals surface area contributed by atoms with Crippen LogP contribution in [0.5, 0.6) is 11.5 Å². The maximum Gasteiger partial charge on any atom is 0.303 e. The van der Waals surface area contributed by atoms with E-state index in [-0.39, 0.29) is 29.4 Å². The third-order valence-electron chi connectivity index (χ3n) is 7.47. The molecule has 4 rings (SSSR count). The van der Waals surface area contributed by atoms with E-state index in [2.05, 4.69) is 16.8 Å². The minimum absolute atomic E-state index is 0.136. The van der Waals surface area contributed by atoms with Gasteiger partial charge in [-0.25, -0.2) is 0 Å². The molecule has 7 nitrogen and oxygen atoms in total. The van der Waals surface area contributed by atoms with E-state index in [1.54, 1.807) is 36.4 Å². The molecule has 7 heteroatoms. The number of piperidine rings is 1. The Bertz CT molecular complexity index is 1160. The van der Waals surface area contributed by atoms with Crippen LogP contribution in [-0.4, -0.2) is 58.3 Å². The highest BCUT2D eigenvalue weighted by molar-refractivity contribution is 5.92. The van der Waals surface area contributed by atoms with Crippen LogP contribution in [0, 0.1) is 0 Å². The number of benzene rings is 2. The molecule has 3 atom stereocenters. The van der Waals surface area contributed by atoms with Crippen LogP contribution in [0.2, 0.25) is 0 Å². The molecule has 0 unspecified atom stereocenters. The van der Waals surface area contributed by atoms with Crippen LogP contribution in [0.1, 0.15) is 43.7 Å². The lowest BCUT2D eigenvalue weighted by atomic mass is 9.55. The molecule has 0 bridgehead atoms. The van der Waals surface area contributed by atoms with Gasteiger partial charge in [0.1, 0.15) is 17.1 Å². The first kappa shape index (κ1) is 25.5. The number of esters is 1. The zero-order valence-electron chi connectivity index (χ0n) is 20.7. The van der Waals surface area contributed by atoms with Crippen molar-refractivity contribution in [2.24, 2.45) is 0 Å². The average molecular weight is 491 g/mol. The van der Waals surface area contributed by atoms with E-state index < -0.39 is 11.0 Å². The summed E-state index contributed by atoms with van der Waals surface area (Å²) >= 11 is 0. The van der Waals surface area contributed by atoms with Gasteiger partial charge < -0.3 is 20.3 Å². The summed E-state index contributed by atoms with van der Waals surface area (Å²) in [5, 5.41) is 23.1. The fourth-order valence-corrected chi connectivity index (χ4v) is 6.00. The van der Waals surface area contributed by atoms with E-state index in [4.69, 9.17) is 4.74 Å². The van der Waals surface area contributed by atoms with Crippen molar-refractivity contribution >= 4 is 18.0 Å². The molecule has 2 fully saturated rings. The van der Waals surface area contributed by atoms with Crippen molar-refractivity contribution in [3.8, 4) is 11.5 Å². The number of nitrogens with one attached hydrogen (secondary N) is 1. The van der Waals surface area contributed by atoms with Gasteiger partial charge >= 0.3 is 5.97 Å². The molecule has 1 saturated carbocycles. The molecule has 2 aromatic carbocycles. The lowest BCUT2D eigenvalue weighted by molar-refractivity contribution is -0.186. The summed E-state index contributed by atoms with van der Waals surface area (Å²) in [5.41, 5.74) is 0.289. The van der Waals surface area contributed by atoms with E-state index in [1.165, 1.54) is 13.0 Å². The Hall–Kier alpha value is -3.58. The van der Waals surface area contributed by atoms with Gasteiger partial charge in [0.15, 0.2) is 0 Å². The number of fused-ring (bicyclic) bond motifs is 1. The van der Waals surface area contributed by atoms with Crippen LogP contribution < -0.4 is 5.32 Å². The zero-order valence-corrected chi connectivity index (χ0v) is 20.7. The standard InChI is InChI=1S/C29H34N2O5/c1-3-15-31-16-14-28(23-7-5-9-26(34)18-23)19-24(12-13-29(28,20-31)36-21(2)32)30-27(35)11-10-22-6-4-8-25(33)17-22/h3-11,17-18,24,33-34H,1,12-16,19-20H2,2H3,(H,30,35)/t24-,28+,29+/m1/s1. The second-order valence-corrected chi connectivity index (χ2v) is 9.87. The molecule has 1 amide bonds. The highest BCUT2D eigenvalue weighted by Gasteiger charge is 2.60. The molecule has 2 aliphatic rings. The first-order valence-electron chi connectivity index (χ1n) is 12.4. The molecule has 1 saturated heterocycles. The van der Waals surface area contributed by atoms with Crippen molar-refractivity contribution < 1.29 is 24.5 Å². The third kappa shape index (κ3) is 5.31. The molecular weight excluding hydrogens is 456 g/mol. The summed E-state index contributed by atoms with van der Waals surface area (Å²) < 4.78 is 6.18. The van der Waals surface area contributed by atoms with E-state index in [9.17, 15) is 19.8 Å². The molecule has 1 heterocycles. The van der Waals surface area contributed by atoms with Crippen molar-refractivity contribution in [1.29, 1.82) is 0 Å². The van der Waals surface area contributed by atoms with E-state index in [0.29, 0.717) is 38.8 Å². The summed E-state index contributed by atoms with van der Waals surface area (Å²) in [5.74, 6) is -0.259. The Kier molecular flexibility index (Phi) is 7.50. The SMILES string of the molecule is C=CCN1CC[C@@]2(c3cccc(O)c3)C[C@H](NC(=O)C=Cc3cccc(O)c3)CC[C@]2(OC(C)=O)C1. The van der Waals surface area contributed by atoms with Gasteiger partial charge in [0, 0.05) is 37.5 Å². The second-order valence-electron chi connectivity index (χ2n) is 9.87. The van der Waals surface area contributed by atoms with Crippen molar-refractivity contribution in [1.82, 2.24) is 10.2 Å². The number of hydrogen-bond acceptors (Lipinski definition) is 6. The monoisotopic (exact) mass is 490 g/mol. The Balaban J connectivity index is 1.63. The molecule has 1 aliphatic heterocycles. The van der Waals surface area contributed by atoms with Gasteiger partial charge in [0.2, 0.25) is 5.91 Å². The van der Waals surface area contributed by atoms with Crippen molar-refractivity contribution in [2.75, 3.05) is 19.6 Å². The molecule has 3 N–H and O–H groups in total. The third-order valence-corrected chi connectivity index (χ3v) is 7.47. The summed E-state index contributed by atoms with van der Waals surface area (Å²) in [7, 11) is 0. The number of likely N-dealkylation sites (tertiary alicyclic amines) is 1. The van der Waals surface area contributed by atoms with Gasteiger partial charge in [-0.3, -0.25) is 14.5 Å². The van der Waals surface area contributed by atoms with E-state index in [0.717, 1.165) is 17.7 Å². The summed E-state index contributed by atoms with van der Waals surface area (Å²) in [6.45, 7) is 7.34. The first-order valence-corrected chi connectivity index (χ1v) is 12.4. The second kappa shape index (κ2) is 10.6. The molecule has 0 spiro atoms. The number of phenols is 2. The Labute approximate surface area is 212 Å². The van der Waals surface area contributed by atoms with Crippen LogP contribution in [0.4, 0.5) is 0 Å². The van der Waals surface area contributed by atoms with Gasteiger partial charge in [-0.15, -0.1) is 6.58 Å². The molecule has 190 valence electrons. The van der Waals surface area contributed by atoms with Crippen LogP contribution >= 0.6 is 0 Å². The van der Waals surface area contributed by atoms with Gasteiger partial charge in [0.05, 0.1) is 0 Å². The number of carbonyl (C=O) groups excluding carboxylic acids is 2. The minimum atomic E-state index is -0.785. The van der Waals surface area contributed by atoms with Gasteiger partial charge in [-0.05, 0) is 73.7 Å². The smallest absolute Gasteiger partial charge is 0.303 e. The van der Waals surface area contributed by atoms with Crippen LogP contribution in [0.15, 0.2) is 67.3 Å². The van der Waals surface area contributed by atoms with Crippen LogP contribution in [-0.2, 0) is 19.7 Å². The fourth-order valence-electron chi connectivity index (χ4n) is 6.00. The van der Waals surface area contributed by atoms with Crippen molar-refractivity contribution in [3.63, 3.8) is 0 Å². The minimum Gasteiger partial charge on any atom is -0.508 e. The van der Waals surface area contributed by atoms with Gasteiger partial charge in [0.25, 0.3) is 0 Å². The largest absolute Gasteiger partial charge is 0.508 e. The average Bonchev–Trinajstić information content (AvgIpc) is 2.83. The normalized spacial score (nSPS) is 26.2. The molecule has 0 radical (unpaired) electrons. The summed E-state index contributed by atoms with van der Waals surface area (Å²) in [6.07, 6.45) is 7.52. The molecule has 36 heavy (non-hydrogen) atoms. The lowest BCUT2D eigenvalue weighted by Gasteiger charge is -2.59. The number of phenolic OH excluding ortho intramolecular Hbond substituents is 2. The molecule has 0 aromatic heterocycles. The maximum atomic E-state index is 12.8. The first-order chi connectivity index (χ1) is 17.2. The van der Waals surface area contributed by atoms with E-state index >= 15 is 0 Å². The lowest BCUT2D eigenvalue weighted by Crippen LogP contribution is -2.68. The molecule has 1 aliphatic carbocycles. The molecule has 2 aromatic rings. The van der Waals surface area contributed by atoms with E-state index in [1.807, 2.05) is 24.3 Å². The fraction of sp³-hybridized carbons (Fsp3) is 0.379. The highest BCUT2D eigenvalue weighted by atomic mass is 16.6. The van der Waals surface area contributed by atoms with Crippen molar-refractivity contribution in [3.05, 3.63) is 78.4 Å². The topological polar surface area (TPSA) is 99.1 Å². The maximum absolute atomic E-state index is 12.8. The number of amides is 1. The number of nitrogens with zero attached hydrogens (tertiary/aromatic N) is 1. The summed E-state index contributed by atoms with van der Waals surface area (Å²) in [6, 6.07) is 13.8. The Morgan fingerprint density at radius 2 is 1.92 bits per heavy atom. The van der Waals surface area contributed by atoms with Crippen molar-refractivity contribution in [2.45, 2.75) is 49.7 Å². The highest BCUT2D eigenvalue weighted by Crippen LogP contribution is 2.54.